The average Bonchev–Trinajstić information content (AvgIpc) is 3.45. The molecular weight excluding hydrogens is 979 g/mol. The Morgan fingerprint density at radius 2 is 0.756 bits per heavy atom. The van der Waals surface area contributed by atoms with Crippen LogP contribution in [0.15, 0.2) is 12.2 Å². The Balaban J connectivity index is 2.08. The van der Waals surface area contributed by atoms with Crippen LogP contribution < -0.4 is 5.32 Å². The monoisotopic (exact) mass is 1110 g/mol. The molecule has 9 atom stereocenters. The number of ether oxygens (including phenoxy) is 2. The Hall–Kier alpha value is -1.15. The maximum Gasteiger partial charge on any atom is 0.249 e. The van der Waals surface area contributed by atoms with Crippen LogP contribution in [0.2, 0.25) is 0 Å². The van der Waals surface area contributed by atoms with Crippen molar-refractivity contribution in [2.24, 2.45) is 0 Å². The number of carbonyl (C=O) groups excluding carboxylic acids is 1. The summed E-state index contributed by atoms with van der Waals surface area (Å²) in [7, 11) is 0. The molecule has 0 radical (unpaired) electrons. The van der Waals surface area contributed by atoms with Crippen LogP contribution in [-0.4, -0.2) is 110 Å². The van der Waals surface area contributed by atoms with Gasteiger partial charge in [0.15, 0.2) is 6.29 Å². The number of amides is 1. The summed E-state index contributed by atoms with van der Waals surface area (Å²) >= 11 is 0. The van der Waals surface area contributed by atoms with E-state index in [4.69, 9.17) is 9.47 Å². The number of nitrogens with one attached hydrogen (secondary N) is 1. The zero-order valence-corrected chi connectivity index (χ0v) is 51.2. The van der Waals surface area contributed by atoms with Gasteiger partial charge < -0.3 is 50.5 Å². The summed E-state index contributed by atoms with van der Waals surface area (Å²) in [5, 5.41) is 76.1. The molecule has 0 aromatic rings. The molecule has 464 valence electrons. The first-order valence-corrected chi connectivity index (χ1v) is 34.1. The molecule has 0 saturated carbocycles. The van der Waals surface area contributed by atoms with Crippen molar-refractivity contribution >= 4 is 5.91 Å². The molecule has 1 aliphatic rings. The molecule has 0 aromatic carbocycles. The van der Waals surface area contributed by atoms with Gasteiger partial charge in [0, 0.05) is 0 Å². The Kier molecular flexibility index (Phi) is 54.1. The number of hydrogen-bond donors (Lipinski definition) is 8. The summed E-state index contributed by atoms with van der Waals surface area (Å²) in [5.74, 6) is -0.700. The van der Waals surface area contributed by atoms with E-state index in [0.29, 0.717) is 12.8 Å². The standard InChI is InChI=1S/C67H131NO10/c1-3-5-7-9-11-13-15-17-18-19-20-21-22-23-24-25-26-27-28-29-30-31-32-33-34-35-36-37-38-39-40-41-43-45-47-49-51-53-55-60(71)66(76)68-58(57-77-67-65(75)64(74)63(73)61(56-69)78-67)62(72)59(70)54-52-50-48-46-44-42-16-14-12-10-8-6-4-2/h46,48,58-65,67,69-75H,3-45,47,49-57H2,1-2H3,(H,68,76)/b48-46+. The summed E-state index contributed by atoms with van der Waals surface area (Å²) in [6.45, 7) is 3.47. The minimum absolute atomic E-state index is 0.260. The average molecular weight is 1110 g/mol. The van der Waals surface area contributed by atoms with E-state index in [1.165, 1.54) is 263 Å². The van der Waals surface area contributed by atoms with E-state index in [-0.39, 0.29) is 12.8 Å². The fourth-order valence-electron chi connectivity index (χ4n) is 11.3. The van der Waals surface area contributed by atoms with Gasteiger partial charge in [0.2, 0.25) is 5.91 Å². The minimum Gasteiger partial charge on any atom is -0.394 e. The van der Waals surface area contributed by atoms with E-state index in [1.807, 2.05) is 0 Å². The summed E-state index contributed by atoms with van der Waals surface area (Å²) in [4.78, 5) is 13.2. The molecule has 9 unspecified atom stereocenters. The molecule has 78 heavy (non-hydrogen) atoms. The molecule has 11 heteroatoms. The number of aliphatic hydroxyl groups is 7. The van der Waals surface area contributed by atoms with Gasteiger partial charge in [-0.25, -0.2) is 0 Å². The predicted molar refractivity (Wildman–Crippen MR) is 326 cm³/mol. The largest absolute Gasteiger partial charge is 0.394 e. The molecule has 0 aromatic heterocycles. The first-order chi connectivity index (χ1) is 38.2. The van der Waals surface area contributed by atoms with Crippen molar-refractivity contribution in [3.63, 3.8) is 0 Å². The lowest BCUT2D eigenvalue weighted by atomic mass is 9.98. The minimum atomic E-state index is -1.67. The Morgan fingerprint density at radius 1 is 0.436 bits per heavy atom. The summed E-state index contributed by atoms with van der Waals surface area (Å²) in [6.07, 6.45) is 57.6. The third kappa shape index (κ3) is 43.5. The lowest BCUT2D eigenvalue weighted by Crippen LogP contribution is -2.60. The van der Waals surface area contributed by atoms with Crippen LogP contribution in [0.3, 0.4) is 0 Å². The number of rotatable bonds is 60. The number of allylic oxidation sites excluding steroid dienone is 2. The van der Waals surface area contributed by atoms with Crippen molar-refractivity contribution < 1.29 is 50.0 Å². The van der Waals surface area contributed by atoms with Crippen LogP contribution in [0.4, 0.5) is 0 Å². The maximum atomic E-state index is 13.2. The number of aliphatic hydroxyl groups excluding tert-OH is 7. The SMILES string of the molecule is CCCCCCCCCC/C=C/CCCC(O)C(O)C(COC1OC(CO)C(O)C(O)C1O)NC(=O)C(O)CCCCCCCCCCCCCCCCCCCCCCCCCCCCCCCCCCCCCCCC. The topological polar surface area (TPSA) is 189 Å². The number of hydrogen-bond acceptors (Lipinski definition) is 10. The maximum absolute atomic E-state index is 13.2. The van der Waals surface area contributed by atoms with E-state index >= 15 is 0 Å². The van der Waals surface area contributed by atoms with Crippen LogP contribution in [0.25, 0.3) is 0 Å². The molecule has 8 N–H and O–H groups in total. The van der Waals surface area contributed by atoms with Gasteiger partial charge in [0.05, 0.1) is 25.4 Å². The lowest BCUT2D eigenvalue weighted by Gasteiger charge is -2.40. The second kappa shape index (κ2) is 56.3. The van der Waals surface area contributed by atoms with Crippen LogP contribution in [0, 0.1) is 0 Å². The summed E-state index contributed by atoms with van der Waals surface area (Å²) in [6, 6.07) is -1.18. The molecule has 1 heterocycles. The smallest absolute Gasteiger partial charge is 0.249 e. The van der Waals surface area contributed by atoms with Crippen molar-refractivity contribution in [3.05, 3.63) is 12.2 Å². The quantitative estimate of drug-likeness (QED) is 0.0215. The van der Waals surface area contributed by atoms with Crippen molar-refractivity contribution in [2.45, 2.75) is 396 Å². The van der Waals surface area contributed by atoms with Crippen LogP contribution in [-0.2, 0) is 14.3 Å². The zero-order chi connectivity index (χ0) is 56.8. The highest BCUT2D eigenvalue weighted by atomic mass is 16.7. The first kappa shape index (κ1) is 74.9. The van der Waals surface area contributed by atoms with E-state index in [2.05, 4.69) is 31.3 Å². The second-order valence-corrected chi connectivity index (χ2v) is 24.3. The fourth-order valence-corrected chi connectivity index (χ4v) is 11.3. The predicted octanol–water partition coefficient (Wildman–Crippen LogP) is 15.9. The normalized spacial score (nSPS) is 19.4. The van der Waals surface area contributed by atoms with Crippen molar-refractivity contribution in [1.29, 1.82) is 0 Å². The zero-order valence-electron chi connectivity index (χ0n) is 51.2. The molecule has 1 fully saturated rings. The molecule has 0 spiro atoms. The van der Waals surface area contributed by atoms with Gasteiger partial charge in [-0.1, -0.05) is 315 Å². The summed E-state index contributed by atoms with van der Waals surface area (Å²) < 4.78 is 11.1. The highest BCUT2D eigenvalue weighted by molar-refractivity contribution is 5.80. The lowest BCUT2D eigenvalue weighted by molar-refractivity contribution is -0.303. The molecule has 1 rings (SSSR count). The van der Waals surface area contributed by atoms with E-state index in [0.717, 1.165) is 38.5 Å². The number of carbonyl (C=O) groups is 1. The molecule has 0 aliphatic carbocycles. The van der Waals surface area contributed by atoms with Crippen LogP contribution in [0.1, 0.15) is 341 Å². The molecular formula is C67H131NO10. The third-order valence-corrected chi connectivity index (χ3v) is 16.8. The number of unbranched alkanes of at least 4 members (excludes halogenated alkanes) is 46. The van der Waals surface area contributed by atoms with Gasteiger partial charge in [-0.2, -0.15) is 0 Å². The highest BCUT2D eigenvalue weighted by Gasteiger charge is 2.44. The van der Waals surface area contributed by atoms with E-state index in [9.17, 15) is 40.5 Å². The Bertz CT molecular complexity index is 1270. The summed E-state index contributed by atoms with van der Waals surface area (Å²) in [5.41, 5.74) is 0. The Morgan fingerprint density at radius 3 is 1.10 bits per heavy atom. The fraction of sp³-hybridized carbons (Fsp3) is 0.955. The van der Waals surface area contributed by atoms with Crippen molar-refractivity contribution in [2.75, 3.05) is 13.2 Å². The van der Waals surface area contributed by atoms with Gasteiger partial charge in [-0.05, 0) is 38.5 Å². The van der Waals surface area contributed by atoms with Gasteiger partial charge >= 0.3 is 0 Å². The van der Waals surface area contributed by atoms with Crippen molar-refractivity contribution in [1.82, 2.24) is 5.32 Å². The van der Waals surface area contributed by atoms with Gasteiger partial charge in [-0.15, -0.1) is 0 Å². The van der Waals surface area contributed by atoms with Gasteiger partial charge in [0.25, 0.3) is 0 Å². The molecule has 0 bridgehead atoms. The molecule has 1 aliphatic heterocycles. The highest BCUT2D eigenvalue weighted by Crippen LogP contribution is 2.24. The van der Waals surface area contributed by atoms with Crippen molar-refractivity contribution in [3.8, 4) is 0 Å². The van der Waals surface area contributed by atoms with Gasteiger partial charge in [-0.3, -0.25) is 4.79 Å². The van der Waals surface area contributed by atoms with Gasteiger partial charge in [0.1, 0.15) is 36.6 Å². The first-order valence-electron chi connectivity index (χ1n) is 34.1. The molecule has 1 saturated heterocycles. The van der Waals surface area contributed by atoms with E-state index in [1.54, 1.807) is 0 Å². The molecule has 11 nitrogen and oxygen atoms in total. The van der Waals surface area contributed by atoms with Crippen LogP contribution >= 0.6 is 0 Å². The van der Waals surface area contributed by atoms with Crippen LogP contribution in [0.5, 0.6) is 0 Å². The molecule has 1 amide bonds. The van der Waals surface area contributed by atoms with E-state index < -0.39 is 74.2 Å². The second-order valence-electron chi connectivity index (χ2n) is 24.3. The third-order valence-electron chi connectivity index (χ3n) is 16.8. The Labute approximate surface area is 481 Å².